The maximum Gasteiger partial charge on any atom is 0.216 e. The molecule has 5 heteroatoms. The Balaban J connectivity index is 2.14. The lowest BCUT2D eigenvalue weighted by atomic mass is 10.0. The van der Waals surface area contributed by atoms with Crippen molar-refractivity contribution in [2.45, 2.75) is 13.0 Å². The van der Waals surface area contributed by atoms with E-state index in [1.165, 1.54) is 11.3 Å². The number of ether oxygens (including phenoxy) is 1. The maximum atomic E-state index is 11.2. The number of nitrogens with zero attached hydrogens (tertiary/aromatic N) is 2. The lowest BCUT2D eigenvalue weighted by Gasteiger charge is -2.35. The molecule has 0 saturated carbocycles. The normalized spacial score (nSPS) is 17.3. The fourth-order valence-corrected chi connectivity index (χ4v) is 2.58. The third-order valence-corrected chi connectivity index (χ3v) is 3.83. The summed E-state index contributed by atoms with van der Waals surface area (Å²) >= 11 is 0. The van der Waals surface area contributed by atoms with Crippen molar-refractivity contribution in [1.82, 2.24) is 10.2 Å². The third-order valence-electron chi connectivity index (χ3n) is 3.83. The van der Waals surface area contributed by atoms with Gasteiger partial charge in [0.25, 0.3) is 0 Å². The van der Waals surface area contributed by atoms with Crippen molar-refractivity contribution in [2.75, 3.05) is 51.8 Å². The van der Waals surface area contributed by atoms with Crippen molar-refractivity contribution in [3.8, 4) is 0 Å². The van der Waals surface area contributed by atoms with Crippen LogP contribution in [0.2, 0.25) is 0 Å². The maximum absolute atomic E-state index is 11.2. The molecule has 0 unspecified atom stereocenters. The summed E-state index contributed by atoms with van der Waals surface area (Å²) in [5.41, 5.74) is 2.41. The minimum absolute atomic E-state index is 0.0122. The van der Waals surface area contributed by atoms with E-state index in [1.54, 1.807) is 6.92 Å². The van der Waals surface area contributed by atoms with Crippen LogP contribution in [0.4, 0.5) is 5.69 Å². The first kappa shape index (κ1) is 15.8. The first-order valence-electron chi connectivity index (χ1n) is 7.41. The number of hydrogen-bond acceptors (Lipinski definition) is 4. The van der Waals surface area contributed by atoms with Crippen LogP contribution in [0, 0.1) is 0 Å². The Labute approximate surface area is 126 Å². The second kappa shape index (κ2) is 7.43. The van der Waals surface area contributed by atoms with Gasteiger partial charge in [0, 0.05) is 46.3 Å². The van der Waals surface area contributed by atoms with Gasteiger partial charge < -0.3 is 15.0 Å². The number of rotatable bonds is 5. The topological polar surface area (TPSA) is 44.8 Å². The van der Waals surface area contributed by atoms with E-state index in [9.17, 15) is 4.79 Å². The number of hydrogen-bond donors (Lipinski definition) is 1. The van der Waals surface area contributed by atoms with E-state index in [1.807, 2.05) is 14.1 Å². The van der Waals surface area contributed by atoms with E-state index in [2.05, 4.69) is 39.4 Å². The SMILES string of the molecule is CC(=O)NC[C@H](c1ccc(N(C)C)cc1)N1CCOCC1. The van der Waals surface area contributed by atoms with Crippen molar-refractivity contribution < 1.29 is 9.53 Å². The van der Waals surface area contributed by atoms with Crippen molar-refractivity contribution in [2.24, 2.45) is 0 Å². The molecule has 5 nitrogen and oxygen atoms in total. The van der Waals surface area contributed by atoms with Gasteiger partial charge in [-0.15, -0.1) is 0 Å². The van der Waals surface area contributed by atoms with Gasteiger partial charge in [0.05, 0.1) is 19.3 Å². The predicted molar refractivity (Wildman–Crippen MR) is 84.6 cm³/mol. The van der Waals surface area contributed by atoms with Gasteiger partial charge in [-0.25, -0.2) is 0 Å². The Hall–Kier alpha value is -1.59. The van der Waals surface area contributed by atoms with Gasteiger partial charge in [-0.05, 0) is 17.7 Å². The molecule has 0 aromatic heterocycles. The van der Waals surface area contributed by atoms with Gasteiger partial charge >= 0.3 is 0 Å². The highest BCUT2D eigenvalue weighted by Crippen LogP contribution is 2.23. The molecule has 0 bridgehead atoms. The molecule has 0 aliphatic carbocycles. The van der Waals surface area contributed by atoms with Crippen LogP contribution in [0.1, 0.15) is 18.5 Å². The Kier molecular flexibility index (Phi) is 5.59. The Morgan fingerprint density at radius 3 is 2.43 bits per heavy atom. The fraction of sp³-hybridized carbons (Fsp3) is 0.562. The summed E-state index contributed by atoms with van der Waals surface area (Å²) < 4.78 is 5.43. The van der Waals surface area contributed by atoms with Gasteiger partial charge in [0.15, 0.2) is 0 Å². The molecule has 0 spiro atoms. The largest absolute Gasteiger partial charge is 0.379 e. The molecule has 1 atom stereocenters. The predicted octanol–water partition coefficient (Wildman–Crippen LogP) is 1.26. The van der Waals surface area contributed by atoms with Crippen LogP contribution >= 0.6 is 0 Å². The molecule has 1 N–H and O–H groups in total. The monoisotopic (exact) mass is 291 g/mol. The first-order chi connectivity index (χ1) is 10.1. The Morgan fingerprint density at radius 1 is 1.29 bits per heavy atom. The number of anilines is 1. The standard InChI is InChI=1S/C16H25N3O2/c1-13(20)17-12-16(19-8-10-21-11-9-19)14-4-6-15(7-5-14)18(2)3/h4-7,16H,8-12H2,1-3H3,(H,17,20)/t16-/m1/s1. The summed E-state index contributed by atoms with van der Waals surface area (Å²) in [5, 5.41) is 2.95. The van der Waals surface area contributed by atoms with Crippen LogP contribution in [-0.4, -0.2) is 57.8 Å². The fourth-order valence-electron chi connectivity index (χ4n) is 2.58. The third kappa shape index (κ3) is 4.44. The van der Waals surface area contributed by atoms with Crippen molar-refractivity contribution >= 4 is 11.6 Å². The van der Waals surface area contributed by atoms with E-state index >= 15 is 0 Å². The minimum Gasteiger partial charge on any atom is -0.379 e. The Morgan fingerprint density at radius 2 is 1.90 bits per heavy atom. The van der Waals surface area contributed by atoms with E-state index in [-0.39, 0.29) is 11.9 Å². The summed E-state index contributed by atoms with van der Waals surface area (Å²) in [4.78, 5) is 15.7. The van der Waals surface area contributed by atoms with Crippen LogP contribution < -0.4 is 10.2 Å². The highest BCUT2D eigenvalue weighted by molar-refractivity contribution is 5.72. The number of morpholine rings is 1. The molecule has 1 fully saturated rings. The smallest absolute Gasteiger partial charge is 0.216 e. The molecule has 1 saturated heterocycles. The zero-order valence-corrected chi connectivity index (χ0v) is 13.1. The van der Waals surface area contributed by atoms with Crippen LogP contribution in [-0.2, 0) is 9.53 Å². The Bertz CT molecular complexity index is 453. The van der Waals surface area contributed by atoms with Gasteiger partial charge in [0.2, 0.25) is 5.91 Å². The highest BCUT2D eigenvalue weighted by atomic mass is 16.5. The molecule has 1 amide bonds. The van der Waals surface area contributed by atoms with Gasteiger partial charge in [0.1, 0.15) is 0 Å². The molecule has 1 aromatic rings. The zero-order chi connectivity index (χ0) is 15.2. The van der Waals surface area contributed by atoms with Gasteiger partial charge in [-0.3, -0.25) is 9.69 Å². The van der Waals surface area contributed by atoms with Crippen molar-refractivity contribution in [3.05, 3.63) is 29.8 Å². The summed E-state index contributed by atoms with van der Waals surface area (Å²) in [6.45, 7) is 5.51. The number of nitrogens with one attached hydrogen (secondary N) is 1. The summed E-state index contributed by atoms with van der Waals surface area (Å²) in [5.74, 6) is 0.0122. The molecule has 116 valence electrons. The number of amides is 1. The lowest BCUT2D eigenvalue weighted by Crippen LogP contribution is -2.43. The molecule has 0 radical (unpaired) electrons. The lowest BCUT2D eigenvalue weighted by molar-refractivity contribution is -0.119. The average molecular weight is 291 g/mol. The highest BCUT2D eigenvalue weighted by Gasteiger charge is 2.22. The molecule has 21 heavy (non-hydrogen) atoms. The zero-order valence-electron chi connectivity index (χ0n) is 13.1. The molecule has 1 aliphatic rings. The minimum atomic E-state index is 0.0122. The van der Waals surface area contributed by atoms with Crippen molar-refractivity contribution in [1.29, 1.82) is 0 Å². The molecular formula is C16H25N3O2. The van der Waals surface area contributed by atoms with Gasteiger partial charge in [-0.2, -0.15) is 0 Å². The van der Waals surface area contributed by atoms with E-state index in [0.717, 1.165) is 26.3 Å². The van der Waals surface area contributed by atoms with Crippen LogP contribution in [0.25, 0.3) is 0 Å². The van der Waals surface area contributed by atoms with Crippen LogP contribution in [0.3, 0.4) is 0 Å². The summed E-state index contributed by atoms with van der Waals surface area (Å²) in [6.07, 6.45) is 0. The van der Waals surface area contributed by atoms with E-state index in [4.69, 9.17) is 4.74 Å². The summed E-state index contributed by atoms with van der Waals surface area (Å²) in [7, 11) is 4.07. The molecule has 1 aromatic carbocycles. The number of carbonyl (C=O) groups excluding carboxylic acids is 1. The first-order valence-corrected chi connectivity index (χ1v) is 7.41. The van der Waals surface area contributed by atoms with Crippen molar-refractivity contribution in [3.63, 3.8) is 0 Å². The van der Waals surface area contributed by atoms with Crippen LogP contribution in [0.15, 0.2) is 24.3 Å². The second-order valence-electron chi connectivity index (χ2n) is 5.59. The van der Waals surface area contributed by atoms with E-state index < -0.39 is 0 Å². The van der Waals surface area contributed by atoms with E-state index in [0.29, 0.717) is 6.54 Å². The summed E-state index contributed by atoms with van der Waals surface area (Å²) in [6, 6.07) is 8.75. The average Bonchev–Trinajstić information content (AvgIpc) is 2.49. The molecule has 1 heterocycles. The molecule has 1 aliphatic heterocycles. The van der Waals surface area contributed by atoms with Gasteiger partial charge in [-0.1, -0.05) is 12.1 Å². The molecule has 2 rings (SSSR count). The quantitative estimate of drug-likeness (QED) is 0.887. The van der Waals surface area contributed by atoms with Crippen LogP contribution in [0.5, 0.6) is 0 Å². The second-order valence-corrected chi connectivity index (χ2v) is 5.59. The number of benzene rings is 1. The number of carbonyl (C=O) groups is 1. The molecular weight excluding hydrogens is 266 g/mol.